The van der Waals surface area contributed by atoms with E-state index in [2.05, 4.69) is 37.8 Å². The zero-order valence-electron chi connectivity index (χ0n) is 12.5. The Kier molecular flexibility index (Phi) is 4.00. The Bertz CT molecular complexity index is 468. The summed E-state index contributed by atoms with van der Waals surface area (Å²) in [6.45, 7) is 10.6. The lowest BCUT2D eigenvalue weighted by atomic mass is 9.83. The molecule has 1 heterocycles. The predicted octanol–water partition coefficient (Wildman–Crippen LogP) is 3.92. The molecule has 1 unspecified atom stereocenters. The van der Waals surface area contributed by atoms with Crippen molar-refractivity contribution in [2.45, 2.75) is 40.2 Å². The molecule has 0 radical (unpaired) electrons. The van der Waals surface area contributed by atoms with Gasteiger partial charge in [-0.15, -0.1) is 0 Å². The molecular weight excluding hydrogens is 234 g/mol. The van der Waals surface area contributed by atoms with Crippen molar-refractivity contribution in [3.63, 3.8) is 0 Å². The first-order chi connectivity index (χ1) is 8.89. The minimum atomic E-state index is -0.413. The fourth-order valence-corrected chi connectivity index (χ4v) is 2.70. The van der Waals surface area contributed by atoms with Crippen LogP contribution in [0.4, 0.5) is 5.69 Å². The van der Waals surface area contributed by atoms with Crippen molar-refractivity contribution in [1.82, 2.24) is 0 Å². The molecule has 0 amide bonds. The molecular formula is C17H25NO. The standard InChI is InChI=1S/C17H25NO/c1-13(19)15-7-5-6-8-16(15)18-11-9-14(10-12-18)17(2,3)4/h5-9,13,19H,10-12H2,1-4H3. The summed E-state index contributed by atoms with van der Waals surface area (Å²) in [6.07, 6.45) is 3.05. The summed E-state index contributed by atoms with van der Waals surface area (Å²) >= 11 is 0. The average molecular weight is 259 g/mol. The second kappa shape index (κ2) is 5.38. The van der Waals surface area contributed by atoms with Gasteiger partial charge in [0, 0.05) is 24.3 Å². The van der Waals surface area contributed by atoms with Crippen LogP contribution in [0.1, 0.15) is 45.8 Å². The van der Waals surface area contributed by atoms with Crippen LogP contribution in [-0.2, 0) is 0 Å². The molecule has 104 valence electrons. The Morgan fingerprint density at radius 3 is 2.42 bits per heavy atom. The highest BCUT2D eigenvalue weighted by atomic mass is 16.3. The third-order valence-corrected chi connectivity index (χ3v) is 3.90. The molecule has 0 aromatic heterocycles. The normalized spacial score (nSPS) is 18.2. The predicted molar refractivity (Wildman–Crippen MR) is 81.4 cm³/mol. The number of hydrogen-bond acceptors (Lipinski definition) is 2. The topological polar surface area (TPSA) is 23.5 Å². The lowest BCUT2D eigenvalue weighted by molar-refractivity contribution is 0.199. The van der Waals surface area contributed by atoms with Gasteiger partial charge in [-0.25, -0.2) is 0 Å². The first kappa shape index (κ1) is 14.1. The first-order valence-electron chi connectivity index (χ1n) is 7.11. The maximum absolute atomic E-state index is 9.87. The molecule has 1 N–H and O–H groups in total. The largest absolute Gasteiger partial charge is 0.389 e. The number of rotatable bonds is 2. The minimum Gasteiger partial charge on any atom is -0.389 e. The zero-order valence-corrected chi connectivity index (χ0v) is 12.5. The van der Waals surface area contributed by atoms with Crippen molar-refractivity contribution in [3.8, 4) is 0 Å². The van der Waals surface area contributed by atoms with E-state index in [1.807, 2.05) is 25.1 Å². The van der Waals surface area contributed by atoms with Crippen molar-refractivity contribution < 1.29 is 5.11 Å². The minimum absolute atomic E-state index is 0.274. The third-order valence-electron chi connectivity index (χ3n) is 3.90. The fourth-order valence-electron chi connectivity index (χ4n) is 2.70. The van der Waals surface area contributed by atoms with Crippen LogP contribution in [0.3, 0.4) is 0 Å². The van der Waals surface area contributed by atoms with Crippen LogP contribution in [-0.4, -0.2) is 18.2 Å². The summed E-state index contributed by atoms with van der Waals surface area (Å²) in [6, 6.07) is 8.16. The van der Waals surface area contributed by atoms with E-state index >= 15 is 0 Å². The number of anilines is 1. The van der Waals surface area contributed by atoms with Gasteiger partial charge >= 0.3 is 0 Å². The molecule has 0 aliphatic carbocycles. The number of aliphatic hydroxyl groups excluding tert-OH is 1. The third kappa shape index (κ3) is 3.19. The van der Waals surface area contributed by atoms with Gasteiger partial charge in [0.05, 0.1) is 6.10 Å². The molecule has 1 aromatic carbocycles. The molecule has 2 nitrogen and oxygen atoms in total. The lowest BCUT2D eigenvalue weighted by Crippen LogP contribution is -2.32. The van der Waals surface area contributed by atoms with E-state index in [0.717, 1.165) is 25.1 Å². The fraction of sp³-hybridized carbons (Fsp3) is 0.529. The lowest BCUT2D eigenvalue weighted by Gasteiger charge is -2.34. The van der Waals surface area contributed by atoms with Gasteiger partial charge in [-0.1, -0.05) is 50.6 Å². The second-order valence-electron chi connectivity index (χ2n) is 6.41. The van der Waals surface area contributed by atoms with E-state index < -0.39 is 6.10 Å². The Hall–Kier alpha value is -1.28. The first-order valence-corrected chi connectivity index (χ1v) is 7.11. The molecule has 0 saturated carbocycles. The number of nitrogens with zero attached hydrogens (tertiary/aromatic N) is 1. The number of hydrogen-bond donors (Lipinski definition) is 1. The van der Waals surface area contributed by atoms with E-state index in [0.29, 0.717) is 0 Å². The second-order valence-corrected chi connectivity index (χ2v) is 6.41. The maximum Gasteiger partial charge on any atom is 0.0781 e. The van der Waals surface area contributed by atoms with Gasteiger partial charge < -0.3 is 10.0 Å². The molecule has 0 bridgehead atoms. The van der Waals surface area contributed by atoms with Crippen molar-refractivity contribution >= 4 is 5.69 Å². The van der Waals surface area contributed by atoms with Crippen LogP contribution < -0.4 is 4.90 Å². The molecule has 1 aliphatic heterocycles. The zero-order chi connectivity index (χ0) is 14.0. The summed E-state index contributed by atoms with van der Waals surface area (Å²) in [5, 5.41) is 9.87. The van der Waals surface area contributed by atoms with E-state index in [1.54, 1.807) is 5.57 Å². The smallest absolute Gasteiger partial charge is 0.0781 e. The molecule has 0 saturated heterocycles. The van der Waals surface area contributed by atoms with Gasteiger partial charge in [0.2, 0.25) is 0 Å². The summed E-state index contributed by atoms with van der Waals surface area (Å²) < 4.78 is 0. The van der Waals surface area contributed by atoms with Crippen LogP contribution in [0.5, 0.6) is 0 Å². The van der Waals surface area contributed by atoms with Gasteiger partial charge in [-0.3, -0.25) is 0 Å². The van der Waals surface area contributed by atoms with E-state index in [9.17, 15) is 5.11 Å². The Labute approximate surface area is 116 Å². The summed E-state index contributed by atoms with van der Waals surface area (Å²) in [7, 11) is 0. The Morgan fingerprint density at radius 1 is 1.21 bits per heavy atom. The highest BCUT2D eigenvalue weighted by Crippen LogP contribution is 2.33. The van der Waals surface area contributed by atoms with E-state index in [-0.39, 0.29) is 5.41 Å². The van der Waals surface area contributed by atoms with Gasteiger partial charge in [-0.05, 0) is 24.8 Å². The monoisotopic (exact) mass is 259 g/mol. The summed E-state index contributed by atoms with van der Waals surface area (Å²) in [5.41, 5.74) is 4.01. The van der Waals surface area contributed by atoms with Gasteiger partial charge in [0.25, 0.3) is 0 Å². The van der Waals surface area contributed by atoms with Crippen LogP contribution in [0.2, 0.25) is 0 Å². The Morgan fingerprint density at radius 2 is 1.89 bits per heavy atom. The molecule has 0 fully saturated rings. The van der Waals surface area contributed by atoms with E-state index in [1.165, 1.54) is 5.69 Å². The average Bonchev–Trinajstić information content (AvgIpc) is 2.38. The SMILES string of the molecule is CC(O)c1ccccc1N1CC=C(C(C)(C)C)CC1. The molecule has 1 aromatic rings. The van der Waals surface area contributed by atoms with Crippen molar-refractivity contribution in [2.24, 2.45) is 5.41 Å². The molecule has 2 heteroatoms. The van der Waals surface area contributed by atoms with Crippen LogP contribution >= 0.6 is 0 Å². The number of aliphatic hydroxyl groups is 1. The summed E-state index contributed by atoms with van der Waals surface area (Å²) in [4.78, 5) is 2.36. The van der Waals surface area contributed by atoms with Gasteiger partial charge in [-0.2, -0.15) is 0 Å². The van der Waals surface area contributed by atoms with Crippen molar-refractivity contribution in [3.05, 3.63) is 41.5 Å². The van der Waals surface area contributed by atoms with Gasteiger partial charge in [0.15, 0.2) is 0 Å². The molecule has 1 atom stereocenters. The van der Waals surface area contributed by atoms with Crippen LogP contribution in [0, 0.1) is 5.41 Å². The molecule has 2 rings (SSSR count). The van der Waals surface area contributed by atoms with Gasteiger partial charge in [0.1, 0.15) is 0 Å². The van der Waals surface area contributed by atoms with E-state index in [4.69, 9.17) is 0 Å². The highest BCUT2D eigenvalue weighted by molar-refractivity contribution is 5.55. The van der Waals surface area contributed by atoms with Crippen LogP contribution in [0.15, 0.2) is 35.9 Å². The highest BCUT2D eigenvalue weighted by Gasteiger charge is 2.22. The summed E-state index contributed by atoms with van der Waals surface area (Å²) in [5.74, 6) is 0. The van der Waals surface area contributed by atoms with Crippen molar-refractivity contribution in [2.75, 3.05) is 18.0 Å². The molecule has 1 aliphatic rings. The van der Waals surface area contributed by atoms with Crippen LogP contribution in [0.25, 0.3) is 0 Å². The maximum atomic E-state index is 9.87. The Balaban J connectivity index is 2.21. The number of para-hydroxylation sites is 1. The van der Waals surface area contributed by atoms with Crippen molar-refractivity contribution in [1.29, 1.82) is 0 Å². The molecule has 19 heavy (non-hydrogen) atoms. The number of benzene rings is 1. The molecule has 0 spiro atoms. The quantitative estimate of drug-likeness (QED) is 0.814.